The highest BCUT2D eigenvalue weighted by Gasteiger charge is 2.22. The molecule has 0 bridgehead atoms. The van der Waals surface area contributed by atoms with E-state index in [1.54, 1.807) is 24.3 Å². The Morgan fingerprint density at radius 3 is 2.48 bits per heavy atom. The number of carbonyl (C=O) groups is 1. The van der Waals surface area contributed by atoms with Crippen LogP contribution in [0.4, 0.5) is 0 Å². The zero-order valence-corrected chi connectivity index (χ0v) is 15.1. The van der Waals surface area contributed by atoms with Gasteiger partial charge in [-0.1, -0.05) is 48.5 Å². The minimum atomic E-state index is 0.0110. The van der Waals surface area contributed by atoms with Crippen LogP contribution in [-0.4, -0.2) is 41.9 Å². The first-order valence-electron chi connectivity index (χ1n) is 9.23. The monoisotopic (exact) mass is 355 g/mol. The van der Waals surface area contributed by atoms with E-state index in [0.717, 1.165) is 19.6 Å². The van der Waals surface area contributed by atoms with Gasteiger partial charge in [-0.05, 0) is 34.5 Å². The first-order chi connectivity index (χ1) is 13.2. The van der Waals surface area contributed by atoms with Gasteiger partial charge in [0, 0.05) is 38.3 Å². The van der Waals surface area contributed by atoms with Crippen molar-refractivity contribution in [3.63, 3.8) is 0 Å². The van der Waals surface area contributed by atoms with E-state index >= 15 is 0 Å². The van der Waals surface area contributed by atoms with Crippen molar-refractivity contribution in [3.8, 4) is 6.07 Å². The molecule has 0 spiro atoms. The molecule has 0 aromatic heterocycles. The molecule has 27 heavy (non-hydrogen) atoms. The highest BCUT2D eigenvalue weighted by molar-refractivity contribution is 5.94. The summed E-state index contributed by atoms with van der Waals surface area (Å²) < 4.78 is 0. The smallest absolute Gasteiger partial charge is 0.253 e. The second kappa shape index (κ2) is 7.61. The van der Waals surface area contributed by atoms with Crippen molar-refractivity contribution in [2.24, 2.45) is 0 Å². The Bertz CT molecular complexity index is 1010. The number of rotatable bonds is 3. The van der Waals surface area contributed by atoms with Crippen molar-refractivity contribution in [1.82, 2.24) is 9.80 Å². The number of hydrogen-bond donors (Lipinski definition) is 0. The molecular formula is C23H21N3O. The summed E-state index contributed by atoms with van der Waals surface area (Å²) in [6.45, 7) is 4.02. The van der Waals surface area contributed by atoms with Gasteiger partial charge in [0.25, 0.3) is 5.91 Å². The lowest BCUT2D eigenvalue weighted by molar-refractivity contribution is 0.0629. The number of piperazine rings is 1. The molecule has 1 fully saturated rings. The van der Waals surface area contributed by atoms with E-state index in [-0.39, 0.29) is 5.91 Å². The second-order valence-electron chi connectivity index (χ2n) is 6.90. The Hall–Kier alpha value is -3.16. The van der Waals surface area contributed by atoms with Gasteiger partial charge in [-0.15, -0.1) is 0 Å². The van der Waals surface area contributed by atoms with Gasteiger partial charge in [-0.3, -0.25) is 9.69 Å². The molecule has 4 nitrogen and oxygen atoms in total. The van der Waals surface area contributed by atoms with Crippen LogP contribution in [0.5, 0.6) is 0 Å². The average Bonchev–Trinajstić information content (AvgIpc) is 2.74. The number of fused-ring (bicyclic) bond motifs is 1. The number of hydrogen-bond acceptors (Lipinski definition) is 3. The molecule has 1 amide bonds. The van der Waals surface area contributed by atoms with Crippen LogP contribution < -0.4 is 0 Å². The number of nitriles is 1. The molecule has 0 saturated carbocycles. The Balaban J connectivity index is 1.41. The van der Waals surface area contributed by atoms with Crippen molar-refractivity contribution >= 4 is 16.7 Å². The van der Waals surface area contributed by atoms with Crippen LogP contribution >= 0.6 is 0 Å². The minimum absolute atomic E-state index is 0.0110. The second-order valence-corrected chi connectivity index (χ2v) is 6.90. The van der Waals surface area contributed by atoms with Gasteiger partial charge in [-0.2, -0.15) is 5.26 Å². The number of nitrogens with zero attached hydrogens (tertiary/aromatic N) is 3. The van der Waals surface area contributed by atoms with Gasteiger partial charge in [0.1, 0.15) is 0 Å². The van der Waals surface area contributed by atoms with Gasteiger partial charge in [0.2, 0.25) is 0 Å². The fraction of sp³-hybridized carbons (Fsp3) is 0.217. The largest absolute Gasteiger partial charge is 0.336 e. The van der Waals surface area contributed by atoms with Crippen LogP contribution in [0.1, 0.15) is 21.5 Å². The quantitative estimate of drug-likeness (QED) is 0.720. The third-order valence-corrected chi connectivity index (χ3v) is 5.17. The van der Waals surface area contributed by atoms with E-state index in [2.05, 4.69) is 53.4 Å². The lowest BCUT2D eigenvalue weighted by atomic mass is 10.0. The molecule has 0 aliphatic carbocycles. The van der Waals surface area contributed by atoms with Gasteiger partial charge in [0.05, 0.1) is 11.6 Å². The fourth-order valence-electron chi connectivity index (χ4n) is 3.68. The van der Waals surface area contributed by atoms with E-state index in [0.29, 0.717) is 24.2 Å². The van der Waals surface area contributed by atoms with Crippen molar-refractivity contribution in [2.45, 2.75) is 6.54 Å². The first kappa shape index (κ1) is 17.3. The normalized spacial score (nSPS) is 14.9. The zero-order chi connectivity index (χ0) is 18.6. The average molecular weight is 355 g/mol. The van der Waals surface area contributed by atoms with Crippen LogP contribution in [0.3, 0.4) is 0 Å². The number of benzene rings is 3. The molecule has 0 radical (unpaired) electrons. The number of carbonyl (C=O) groups excluding carboxylic acids is 1. The molecular weight excluding hydrogens is 334 g/mol. The summed E-state index contributed by atoms with van der Waals surface area (Å²) in [5.74, 6) is 0.0110. The first-order valence-corrected chi connectivity index (χ1v) is 9.23. The summed E-state index contributed by atoms with van der Waals surface area (Å²) in [7, 11) is 0. The molecule has 4 rings (SSSR count). The summed E-state index contributed by atoms with van der Waals surface area (Å²) >= 11 is 0. The molecule has 0 atom stereocenters. The van der Waals surface area contributed by atoms with Gasteiger partial charge in [0.15, 0.2) is 0 Å². The molecule has 0 unspecified atom stereocenters. The van der Waals surface area contributed by atoms with E-state index in [4.69, 9.17) is 5.26 Å². The Kier molecular flexibility index (Phi) is 4.86. The molecule has 1 heterocycles. The standard InChI is InChI=1S/C23H21N3O/c24-16-18-5-3-8-20(15-18)23(27)26-13-11-25(12-14-26)17-21-9-4-7-19-6-1-2-10-22(19)21/h1-10,15H,11-14,17H2. The van der Waals surface area contributed by atoms with E-state index in [9.17, 15) is 4.79 Å². The maximum Gasteiger partial charge on any atom is 0.253 e. The Morgan fingerprint density at radius 2 is 1.67 bits per heavy atom. The number of amides is 1. The molecule has 1 aliphatic heterocycles. The SMILES string of the molecule is N#Cc1cccc(C(=O)N2CCN(Cc3cccc4ccccc34)CC2)c1. The van der Waals surface area contributed by atoms with Crippen LogP contribution in [0.2, 0.25) is 0 Å². The highest BCUT2D eigenvalue weighted by Crippen LogP contribution is 2.21. The maximum atomic E-state index is 12.7. The molecule has 0 N–H and O–H groups in total. The summed E-state index contributed by atoms with van der Waals surface area (Å²) in [6, 6.07) is 23.9. The Labute approximate surface area is 159 Å². The van der Waals surface area contributed by atoms with Crippen LogP contribution in [0.25, 0.3) is 10.8 Å². The fourth-order valence-corrected chi connectivity index (χ4v) is 3.68. The van der Waals surface area contributed by atoms with Gasteiger partial charge < -0.3 is 4.90 Å². The molecule has 134 valence electrons. The predicted molar refractivity (Wildman–Crippen MR) is 106 cm³/mol. The van der Waals surface area contributed by atoms with Crippen molar-refractivity contribution < 1.29 is 4.79 Å². The van der Waals surface area contributed by atoms with Gasteiger partial charge in [-0.25, -0.2) is 0 Å². The molecule has 4 heteroatoms. The summed E-state index contributed by atoms with van der Waals surface area (Å²) in [5, 5.41) is 11.6. The summed E-state index contributed by atoms with van der Waals surface area (Å²) in [4.78, 5) is 17.0. The van der Waals surface area contributed by atoms with E-state index in [1.807, 2.05) is 4.90 Å². The lowest BCUT2D eigenvalue weighted by Gasteiger charge is -2.35. The Morgan fingerprint density at radius 1 is 0.926 bits per heavy atom. The minimum Gasteiger partial charge on any atom is -0.336 e. The topological polar surface area (TPSA) is 47.3 Å². The van der Waals surface area contributed by atoms with Crippen molar-refractivity contribution in [3.05, 3.63) is 83.4 Å². The summed E-state index contributed by atoms with van der Waals surface area (Å²) in [5.41, 5.74) is 2.45. The molecule has 3 aromatic rings. The van der Waals surface area contributed by atoms with E-state index in [1.165, 1.54) is 16.3 Å². The molecule has 3 aromatic carbocycles. The van der Waals surface area contributed by atoms with E-state index < -0.39 is 0 Å². The van der Waals surface area contributed by atoms with Crippen LogP contribution in [0.15, 0.2) is 66.7 Å². The predicted octanol–water partition coefficient (Wildman–Crippen LogP) is 3.67. The van der Waals surface area contributed by atoms with Crippen LogP contribution in [-0.2, 0) is 6.54 Å². The van der Waals surface area contributed by atoms with Crippen LogP contribution in [0, 0.1) is 11.3 Å². The maximum absolute atomic E-state index is 12.7. The third kappa shape index (κ3) is 3.69. The third-order valence-electron chi connectivity index (χ3n) is 5.17. The van der Waals surface area contributed by atoms with Crippen molar-refractivity contribution in [1.29, 1.82) is 5.26 Å². The summed E-state index contributed by atoms with van der Waals surface area (Å²) in [6.07, 6.45) is 0. The zero-order valence-electron chi connectivity index (χ0n) is 15.1. The molecule has 1 aliphatic rings. The lowest BCUT2D eigenvalue weighted by Crippen LogP contribution is -2.48. The highest BCUT2D eigenvalue weighted by atomic mass is 16.2. The molecule has 1 saturated heterocycles. The van der Waals surface area contributed by atoms with Gasteiger partial charge >= 0.3 is 0 Å². The van der Waals surface area contributed by atoms with Crippen molar-refractivity contribution in [2.75, 3.05) is 26.2 Å².